The first kappa shape index (κ1) is 32.5. The third kappa shape index (κ3) is 6.77. The zero-order valence-corrected chi connectivity index (χ0v) is 27.3. The van der Waals surface area contributed by atoms with Gasteiger partial charge in [-0.2, -0.15) is 0 Å². The summed E-state index contributed by atoms with van der Waals surface area (Å²) in [5.41, 5.74) is 19.7. The van der Waals surface area contributed by atoms with Crippen LogP contribution in [0.2, 0.25) is 0 Å². The number of fused-ring (bicyclic) bond motifs is 2. The van der Waals surface area contributed by atoms with Gasteiger partial charge in [0.15, 0.2) is 0 Å². The van der Waals surface area contributed by atoms with Crippen molar-refractivity contribution >= 4 is 56.4 Å². The third-order valence-corrected chi connectivity index (χ3v) is 9.00. The molecule has 4 atom stereocenters. The highest BCUT2D eigenvalue weighted by Gasteiger charge is 2.44. The number of carbonyl (C=O) groups excluding carboxylic acids is 2. The van der Waals surface area contributed by atoms with Gasteiger partial charge in [-0.1, -0.05) is 0 Å². The van der Waals surface area contributed by atoms with Crippen molar-refractivity contribution in [3.05, 3.63) is 96.8 Å². The Morgan fingerprint density at radius 3 is 1.42 bits per heavy atom. The number of alkyl halides is 2. The lowest BCUT2D eigenvalue weighted by Gasteiger charge is -2.11. The molecule has 252 valence electrons. The molecule has 2 aromatic carbocycles. The van der Waals surface area contributed by atoms with Crippen LogP contribution in [-0.2, 0) is 9.59 Å². The summed E-state index contributed by atoms with van der Waals surface area (Å²) >= 11 is 0. The smallest absolute Gasteiger partial charge is 0.231 e. The second kappa shape index (κ2) is 13.1. The number of nitrogens with one attached hydrogen (secondary N) is 2. The molecule has 50 heavy (non-hydrogen) atoms. The number of hydrogen-bond acceptors (Lipinski definition) is 8. The molecule has 6 N–H and O–H groups in total. The van der Waals surface area contributed by atoms with Gasteiger partial charge in [-0.25, -0.2) is 18.7 Å². The maximum absolute atomic E-state index is 13.0. The second-order valence-corrected chi connectivity index (χ2v) is 12.8. The topological polar surface area (TPSA) is 162 Å². The zero-order chi connectivity index (χ0) is 35.1. The first-order valence-corrected chi connectivity index (χ1v) is 16.2. The van der Waals surface area contributed by atoms with Crippen molar-refractivity contribution < 1.29 is 18.4 Å². The van der Waals surface area contributed by atoms with Gasteiger partial charge < -0.3 is 22.1 Å². The van der Waals surface area contributed by atoms with Gasteiger partial charge in [-0.05, 0) is 119 Å². The van der Waals surface area contributed by atoms with Gasteiger partial charge in [0.05, 0.1) is 11.8 Å². The Kier molecular flexibility index (Phi) is 8.52. The van der Waals surface area contributed by atoms with E-state index >= 15 is 0 Å². The number of rotatable bonds is 6. The van der Waals surface area contributed by atoms with Crippen LogP contribution >= 0.6 is 0 Å². The minimum atomic E-state index is -1.03. The number of amides is 2. The molecule has 4 aromatic heterocycles. The van der Waals surface area contributed by atoms with Crippen LogP contribution in [0.25, 0.3) is 43.8 Å². The quantitative estimate of drug-likeness (QED) is 0.138. The van der Waals surface area contributed by atoms with Crippen molar-refractivity contribution in [2.45, 2.75) is 39.0 Å². The molecule has 2 saturated carbocycles. The van der Waals surface area contributed by atoms with Crippen molar-refractivity contribution in [1.29, 1.82) is 0 Å². The van der Waals surface area contributed by atoms with Crippen LogP contribution in [0, 0.1) is 25.7 Å². The van der Waals surface area contributed by atoms with Gasteiger partial charge >= 0.3 is 0 Å². The van der Waals surface area contributed by atoms with E-state index in [1.54, 1.807) is 49.3 Å². The lowest BCUT2D eigenvalue weighted by Crippen LogP contribution is -2.15. The highest BCUT2D eigenvalue weighted by molar-refractivity contribution is 6.01. The number of aromatic nitrogens is 4. The van der Waals surface area contributed by atoms with E-state index in [-0.39, 0.29) is 24.7 Å². The average molecular weight is 673 g/mol. The Hall–Kier alpha value is -6.04. The minimum Gasteiger partial charge on any atom is -0.398 e. The van der Waals surface area contributed by atoms with Crippen molar-refractivity contribution in [3.8, 4) is 22.3 Å². The van der Waals surface area contributed by atoms with E-state index in [9.17, 15) is 18.4 Å². The number of halogens is 2. The maximum atomic E-state index is 13.0. The summed E-state index contributed by atoms with van der Waals surface area (Å²) in [5, 5.41) is 8.70. The minimum absolute atomic E-state index is 0.290. The Bertz CT molecular complexity index is 2140. The summed E-state index contributed by atoms with van der Waals surface area (Å²) < 4.78 is 26.0. The summed E-state index contributed by atoms with van der Waals surface area (Å²) in [7, 11) is 0. The molecule has 2 aliphatic carbocycles. The molecule has 10 nitrogen and oxygen atoms in total. The number of anilines is 4. The largest absolute Gasteiger partial charge is 0.398 e. The number of pyridine rings is 4. The third-order valence-electron chi connectivity index (χ3n) is 9.00. The molecule has 0 bridgehead atoms. The van der Waals surface area contributed by atoms with Gasteiger partial charge in [0.1, 0.15) is 24.0 Å². The van der Waals surface area contributed by atoms with Crippen molar-refractivity contribution in [3.63, 3.8) is 0 Å². The van der Waals surface area contributed by atoms with E-state index in [0.717, 1.165) is 54.9 Å². The van der Waals surface area contributed by atoms with Crippen LogP contribution in [0.4, 0.5) is 31.8 Å². The highest BCUT2D eigenvalue weighted by atomic mass is 19.1. The van der Waals surface area contributed by atoms with Gasteiger partial charge in [-0.15, -0.1) is 0 Å². The first-order valence-electron chi connectivity index (χ1n) is 16.2. The predicted molar refractivity (Wildman–Crippen MR) is 192 cm³/mol. The van der Waals surface area contributed by atoms with Gasteiger partial charge in [0, 0.05) is 59.3 Å². The maximum Gasteiger partial charge on any atom is 0.231 e. The van der Waals surface area contributed by atoms with E-state index in [0.29, 0.717) is 23.0 Å². The van der Waals surface area contributed by atoms with Crippen molar-refractivity contribution in [2.75, 3.05) is 22.1 Å². The van der Waals surface area contributed by atoms with Gasteiger partial charge in [0.25, 0.3) is 0 Å². The number of aryl methyl sites for hydroxylation is 2. The molecular formula is C38H34F2N8O2. The normalized spacial score (nSPS) is 19.0. The summed E-state index contributed by atoms with van der Waals surface area (Å²) in [6.45, 7) is 3.98. The van der Waals surface area contributed by atoms with Crippen molar-refractivity contribution in [1.82, 2.24) is 19.9 Å². The molecule has 8 rings (SSSR count). The highest BCUT2D eigenvalue weighted by Crippen LogP contribution is 2.37. The van der Waals surface area contributed by atoms with Crippen LogP contribution in [0.3, 0.4) is 0 Å². The van der Waals surface area contributed by atoms with Crippen LogP contribution in [-0.4, -0.2) is 44.1 Å². The lowest BCUT2D eigenvalue weighted by atomic mass is 9.99. The zero-order valence-electron chi connectivity index (χ0n) is 27.3. The lowest BCUT2D eigenvalue weighted by molar-refractivity contribution is -0.118. The summed E-state index contributed by atoms with van der Waals surface area (Å²) in [4.78, 5) is 40.5. The predicted octanol–water partition coefficient (Wildman–Crippen LogP) is 6.97. The molecule has 2 aliphatic rings. The Morgan fingerprint density at radius 1 is 0.660 bits per heavy atom. The van der Waals surface area contributed by atoms with Crippen molar-refractivity contribution in [2.24, 2.45) is 11.8 Å². The summed E-state index contributed by atoms with van der Waals surface area (Å²) in [6, 6.07) is 15.2. The number of nitrogen functional groups attached to an aromatic ring is 2. The molecule has 2 fully saturated rings. The number of hydrogen-bond donors (Lipinski definition) is 4. The van der Waals surface area contributed by atoms with Gasteiger partial charge in [-0.3, -0.25) is 19.6 Å². The fraction of sp³-hybridized carbons (Fsp3) is 0.211. The fourth-order valence-electron chi connectivity index (χ4n) is 5.92. The molecule has 2 amide bonds. The van der Waals surface area contributed by atoms with E-state index in [4.69, 9.17) is 11.5 Å². The van der Waals surface area contributed by atoms with Crippen LogP contribution in [0.5, 0.6) is 0 Å². The molecule has 4 heterocycles. The number of benzene rings is 2. The number of carbonyl (C=O) groups is 2. The molecule has 6 aromatic rings. The Labute approximate surface area is 286 Å². The molecular weight excluding hydrogens is 638 g/mol. The molecule has 12 heteroatoms. The summed E-state index contributed by atoms with van der Waals surface area (Å²) in [5.74, 6) is -0.942. The van der Waals surface area contributed by atoms with Crippen LogP contribution in [0.15, 0.2) is 85.7 Å². The monoisotopic (exact) mass is 672 g/mol. The number of nitrogens with zero attached hydrogens (tertiary/aromatic N) is 4. The average Bonchev–Trinajstić information content (AvgIpc) is 4.02. The second-order valence-electron chi connectivity index (χ2n) is 12.8. The molecule has 0 radical (unpaired) electrons. The number of nitrogens with two attached hydrogens (primary N) is 2. The van der Waals surface area contributed by atoms with E-state index in [1.807, 2.05) is 50.2 Å². The molecule has 0 aliphatic heterocycles. The van der Waals surface area contributed by atoms with E-state index < -0.39 is 24.2 Å². The fourth-order valence-corrected chi connectivity index (χ4v) is 5.92. The first-order chi connectivity index (χ1) is 24.0. The molecule has 0 unspecified atom stereocenters. The van der Waals surface area contributed by atoms with Crippen LogP contribution in [0.1, 0.15) is 24.0 Å². The van der Waals surface area contributed by atoms with Gasteiger partial charge in [0.2, 0.25) is 11.8 Å². The Balaban J connectivity index is 0.000000157. The van der Waals surface area contributed by atoms with Crippen LogP contribution < -0.4 is 22.1 Å². The molecule has 0 spiro atoms. The Morgan fingerprint density at radius 2 is 1.06 bits per heavy atom. The molecule has 0 saturated heterocycles. The van der Waals surface area contributed by atoms with E-state index in [1.165, 1.54) is 0 Å². The standard InChI is InChI=1S/2C19H17FN4O/c2*1-10-8-22-3-2-13(10)11-4-12-6-18(23-9-15(12)17(21)5-11)24-19(25)14-7-16(14)20/h2*2-6,8-9,14,16H,7,21H2,1H3,(H,23,24,25)/t2*14-,16+/m10/s1. The van der Waals surface area contributed by atoms with E-state index in [2.05, 4.69) is 30.6 Å². The SMILES string of the molecule is Cc1cnccc1-c1cc(N)c2cnc(NC(=O)[C@@H]3C[C@@H]3F)cc2c1.Cc1cnccc1-c1cc(N)c2cnc(NC(=O)[C@H]3C[C@H]3F)cc2c1. The summed E-state index contributed by atoms with van der Waals surface area (Å²) in [6.07, 6.45) is 8.86.